The fourth-order valence-electron chi connectivity index (χ4n) is 3.48. The van der Waals surface area contributed by atoms with Crippen molar-refractivity contribution < 1.29 is 14.3 Å². The SMILES string of the molecule is O=C(Nc1cnc2sccn2c1=O)C1CCN(C(=O)C2CCCO2)CC1. The van der Waals surface area contributed by atoms with Crippen LogP contribution < -0.4 is 10.9 Å². The van der Waals surface area contributed by atoms with Gasteiger partial charge in [-0.15, -0.1) is 11.3 Å². The summed E-state index contributed by atoms with van der Waals surface area (Å²) in [6.45, 7) is 1.72. The number of likely N-dealkylation sites (tertiary alicyclic amines) is 1. The average molecular weight is 376 g/mol. The van der Waals surface area contributed by atoms with Gasteiger partial charge in [-0.25, -0.2) is 4.98 Å². The summed E-state index contributed by atoms with van der Waals surface area (Å²) in [7, 11) is 0. The second-order valence-corrected chi connectivity index (χ2v) is 7.50. The molecule has 2 fully saturated rings. The Kier molecular flexibility index (Phi) is 4.73. The molecule has 26 heavy (non-hydrogen) atoms. The first-order valence-electron chi connectivity index (χ1n) is 8.79. The number of ether oxygens (including phenoxy) is 1. The fourth-order valence-corrected chi connectivity index (χ4v) is 4.16. The summed E-state index contributed by atoms with van der Waals surface area (Å²) in [6, 6.07) is 0. The number of fused-ring (bicyclic) bond motifs is 1. The third-order valence-electron chi connectivity index (χ3n) is 4.98. The molecule has 1 unspecified atom stereocenters. The Morgan fingerprint density at radius 3 is 2.81 bits per heavy atom. The zero-order valence-electron chi connectivity index (χ0n) is 14.2. The van der Waals surface area contributed by atoms with E-state index in [4.69, 9.17) is 4.74 Å². The number of rotatable bonds is 3. The predicted molar refractivity (Wildman–Crippen MR) is 96.2 cm³/mol. The van der Waals surface area contributed by atoms with Crippen LogP contribution >= 0.6 is 11.3 Å². The Hall–Kier alpha value is -2.26. The molecule has 9 heteroatoms. The van der Waals surface area contributed by atoms with E-state index in [9.17, 15) is 14.4 Å². The topological polar surface area (TPSA) is 93.0 Å². The number of amides is 2. The largest absolute Gasteiger partial charge is 0.368 e. The third-order valence-corrected chi connectivity index (χ3v) is 5.75. The normalized spacial score (nSPS) is 21.2. The Labute approximate surface area is 153 Å². The molecule has 0 aliphatic carbocycles. The van der Waals surface area contributed by atoms with E-state index in [0.29, 0.717) is 37.5 Å². The van der Waals surface area contributed by atoms with Gasteiger partial charge in [0.2, 0.25) is 5.91 Å². The molecule has 2 saturated heterocycles. The summed E-state index contributed by atoms with van der Waals surface area (Å²) in [5.41, 5.74) is -0.0978. The first kappa shape index (κ1) is 17.2. The lowest BCUT2D eigenvalue weighted by molar-refractivity contribution is -0.143. The number of thiazole rings is 1. The van der Waals surface area contributed by atoms with Crippen LogP contribution in [0.1, 0.15) is 25.7 Å². The van der Waals surface area contributed by atoms with Crippen molar-refractivity contribution in [3.63, 3.8) is 0 Å². The Morgan fingerprint density at radius 1 is 1.27 bits per heavy atom. The molecule has 2 aromatic rings. The lowest BCUT2D eigenvalue weighted by Crippen LogP contribution is -2.45. The number of anilines is 1. The summed E-state index contributed by atoms with van der Waals surface area (Å²) >= 11 is 1.36. The van der Waals surface area contributed by atoms with Crippen LogP contribution in [0.4, 0.5) is 5.69 Å². The van der Waals surface area contributed by atoms with Crippen molar-refractivity contribution >= 4 is 33.8 Å². The van der Waals surface area contributed by atoms with Gasteiger partial charge in [0.05, 0.1) is 6.20 Å². The summed E-state index contributed by atoms with van der Waals surface area (Å²) < 4.78 is 6.87. The maximum absolute atomic E-state index is 12.5. The highest BCUT2D eigenvalue weighted by Gasteiger charge is 2.32. The molecule has 2 aliphatic rings. The molecule has 4 rings (SSSR count). The Balaban J connectivity index is 1.36. The molecule has 138 valence electrons. The van der Waals surface area contributed by atoms with E-state index in [0.717, 1.165) is 12.8 Å². The molecule has 8 nitrogen and oxygen atoms in total. The van der Waals surface area contributed by atoms with Crippen molar-refractivity contribution in [1.29, 1.82) is 0 Å². The van der Waals surface area contributed by atoms with E-state index < -0.39 is 0 Å². The fraction of sp³-hybridized carbons (Fsp3) is 0.529. The van der Waals surface area contributed by atoms with Crippen LogP contribution in [0.2, 0.25) is 0 Å². The van der Waals surface area contributed by atoms with Crippen LogP contribution in [0, 0.1) is 5.92 Å². The number of carbonyl (C=O) groups is 2. The van der Waals surface area contributed by atoms with E-state index in [1.54, 1.807) is 16.5 Å². The van der Waals surface area contributed by atoms with Crippen molar-refractivity contribution in [3.05, 3.63) is 28.1 Å². The number of hydrogen-bond donors (Lipinski definition) is 1. The van der Waals surface area contributed by atoms with Gasteiger partial charge in [-0.05, 0) is 25.7 Å². The van der Waals surface area contributed by atoms with Crippen LogP contribution in [0.5, 0.6) is 0 Å². The number of aromatic nitrogens is 2. The Morgan fingerprint density at radius 2 is 2.08 bits per heavy atom. The highest BCUT2D eigenvalue weighted by molar-refractivity contribution is 7.15. The monoisotopic (exact) mass is 376 g/mol. The van der Waals surface area contributed by atoms with Gasteiger partial charge in [0.25, 0.3) is 11.5 Å². The summed E-state index contributed by atoms with van der Waals surface area (Å²) in [5.74, 6) is -0.374. The highest BCUT2D eigenvalue weighted by atomic mass is 32.1. The van der Waals surface area contributed by atoms with Gasteiger partial charge in [-0.2, -0.15) is 0 Å². The molecule has 1 atom stereocenters. The van der Waals surface area contributed by atoms with Crippen molar-refractivity contribution in [2.45, 2.75) is 31.8 Å². The molecule has 0 aromatic carbocycles. The zero-order chi connectivity index (χ0) is 18.1. The molecular weight excluding hydrogens is 356 g/mol. The van der Waals surface area contributed by atoms with Gasteiger partial charge in [-0.1, -0.05) is 0 Å². The lowest BCUT2D eigenvalue weighted by atomic mass is 9.95. The van der Waals surface area contributed by atoms with Crippen molar-refractivity contribution in [2.24, 2.45) is 5.92 Å². The van der Waals surface area contributed by atoms with Crippen LogP contribution in [0.25, 0.3) is 4.96 Å². The number of nitrogens with zero attached hydrogens (tertiary/aromatic N) is 3. The second kappa shape index (κ2) is 7.16. The minimum absolute atomic E-state index is 0.0340. The van der Waals surface area contributed by atoms with Gasteiger partial charge in [0.15, 0.2) is 4.96 Å². The average Bonchev–Trinajstić information content (AvgIpc) is 3.35. The van der Waals surface area contributed by atoms with E-state index in [1.807, 2.05) is 0 Å². The molecule has 2 aromatic heterocycles. The van der Waals surface area contributed by atoms with Crippen LogP contribution in [0.15, 0.2) is 22.6 Å². The number of nitrogens with one attached hydrogen (secondary N) is 1. The van der Waals surface area contributed by atoms with Gasteiger partial charge in [0.1, 0.15) is 11.8 Å². The molecule has 4 heterocycles. The number of carbonyl (C=O) groups excluding carboxylic acids is 2. The van der Waals surface area contributed by atoms with Gasteiger partial charge in [-0.3, -0.25) is 18.8 Å². The smallest absolute Gasteiger partial charge is 0.282 e. The standard InChI is InChI=1S/C17H20N4O4S/c22-14(19-12-10-18-17-21(15(12)23)7-9-26-17)11-3-5-20(6-4-11)16(24)13-2-1-8-25-13/h7,9-11,13H,1-6,8H2,(H,19,22). The summed E-state index contributed by atoms with van der Waals surface area (Å²) in [4.78, 5) is 43.8. The predicted octanol–water partition coefficient (Wildman–Crippen LogP) is 1.11. The third kappa shape index (κ3) is 3.24. The van der Waals surface area contributed by atoms with E-state index in [1.165, 1.54) is 21.9 Å². The van der Waals surface area contributed by atoms with E-state index >= 15 is 0 Å². The highest BCUT2D eigenvalue weighted by Crippen LogP contribution is 2.22. The molecule has 0 saturated carbocycles. The minimum Gasteiger partial charge on any atom is -0.368 e. The molecule has 0 spiro atoms. The van der Waals surface area contributed by atoms with Crippen LogP contribution in [-0.2, 0) is 14.3 Å². The van der Waals surface area contributed by atoms with Crippen LogP contribution in [-0.4, -0.2) is 51.9 Å². The zero-order valence-corrected chi connectivity index (χ0v) is 15.0. The quantitative estimate of drug-likeness (QED) is 0.866. The van der Waals surface area contributed by atoms with E-state index in [2.05, 4.69) is 10.3 Å². The molecule has 0 radical (unpaired) electrons. The molecule has 2 aliphatic heterocycles. The molecule has 0 bridgehead atoms. The van der Waals surface area contributed by atoms with Gasteiger partial charge in [0, 0.05) is 37.2 Å². The lowest BCUT2D eigenvalue weighted by Gasteiger charge is -2.32. The van der Waals surface area contributed by atoms with Gasteiger partial charge < -0.3 is 15.0 Å². The molecule has 1 N–H and O–H groups in total. The first-order valence-corrected chi connectivity index (χ1v) is 9.67. The maximum Gasteiger partial charge on any atom is 0.282 e. The van der Waals surface area contributed by atoms with Crippen molar-refractivity contribution in [3.8, 4) is 0 Å². The van der Waals surface area contributed by atoms with E-state index in [-0.39, 0.29) is 35.1 Å². The second-order valence-electron chi connectivity index (χ2n) is 6.62. The first-order chi connectivity index (χ1) is 12.6. The van der Waals surface area contributed by atoms with Crippen LogP contribution in [0.3, 0.4) is 0 Å². The van der Waals surface area contributed by atoms with Gasteiger partial charge >= 0.3 is 0 Å². The summed E-state index contributed by atoms with van der Waals surface area (Å²) in [5, 5.41) is 4.48. The maximum atomic E-state index is 12.5. The minimum atomic E-state index is -0.316. The molecular formula is C17H20N4O4S. The van der Waals surface area contributed by atoms with Crippen molar-refractivity contribution in [2.75, 3.05) is 25.0 Å². The van der Waals surface area contributed by atoms with Crippen molar-refractivity contribution in [1.82, 2.24) is 14.3 Å². The summed E-state index contributed by atoms with van der Waals surface area (Å²) in [6.07, 6.45) is 5.60. The number of hydrogen-bond acceptors (Lipinski definition) is 6. The number of piperidine rings is 1. The Bertz CT molecular complexity index is 878. The molecule has 2 amide bonds.